The van der Waals surface area contributed by atoms with Crippen molar-refractivity contribution in [3.8, 4) is 0 Å². The molecule has 3 rings (SSSR count). The van der Waals surface area contributed by atoms with Crippen molar-refractivity contribution in [1.82, 2.24) is 4.90 Å². The average Bonchev–Trinajstić information content (AvgIpc) is 2.96. The van der Waals surface area contributed by atoms with Gasteiger partial charge in [0.15, 0.2) is 5.76 Å². The van der Waals surface area contributed by atoms with Crippen LogP contribution in [0.1, 0.15) is 51.4 Å². The number of hydrogen-bond donors (Lipinski definition) is 1. The maximum absolute atomic E-state index is 13.0. The topological polar surface area (TPSA) is 49.8 Å². The molecule has 0 aromatic heterocycles. The lowest BCUT2D eigenvalue weighted by Gasteiger charge is -2.33. The number of benzene rings is 1. The van der Waals surface area contributed by atoms with E-state index in [1.54, 1.807) is 30.0 Å². The Kier molecular flexibility index (Phi) is 8.47. The monoisotopic (exact) mass is 419 g/mol. The van der Waals surface area contributed by atoms with Gasteiger partial charge in [-0.05, 0) is 67.7 Å². The van der Waals surface area contributed by atoms with Crippen LogP contribution in [-0.2, 0) is 4.74 Å². The number of hydrogen-bond acceptors (Lipinski definition) is 4. The Morgan fingerprint density at radius 3 is 2.59 bits per heavy atom. The Morgan fingerprint density at radius 1 is 1.17 bits per heavy atom. The van der Waals surface area contributed by atoms with Crippen molar-refractivity contribution in [3.05, 3.63) is 53.7 Å². The third-order valence-electron chi connectivity index (χ3n) is 5.55. The smallest absolute Gasteiger partial charge is 0.449 e. The van der Waals surface area contributed by atoms with Gasteiger partial charge >= 0.3 is 6.16 Å². The Morgan fingerprint density at radius 2 is 1.90 bits per heavy atom. The van der Waals surface area contributed by atoms with E-state index in [0.717, 1.165) is 42.3 Å². The molecular formula is C23H30FNO3S. The molecule has 1 aromatic rings. The highest BCUT2D eigenvalue weighted by molar-refractivity contribution is 7.99. The number of carbonyl (C=O) groups is 1. The summed E-state index contributed by atoms with van der Waals surface area (Å²) in [7, 11) is 0. The second kappa shape index (κ2) is 11.3. The summed E-state index contributed by atoms with van der Waals surface area (Å²) in [4.78, 5) is 14.5. The number of nitrogens with zero attached hydrogens (tertiary/aromatic N) is 1. The van der Waals surface area contributed by atoms with Gasteiger partial charge < -0.3 is 14.7 Å². The van der Waals surface area contributed by atoms with Crippen molar-refractivity contribution >= 4 is 17.9 Å². The molecule has 0 bridgehead atoms. The minimum atomic E-state index is -1.26. The predicted molar refractivity (Wildman–Crippen MR) is 114 cm³/mol. The van der Waals surface area contributed by atoms with Gasteiger partial charge in [0.25, 0.3) is 0 Å². The fourth-order valence-electron chi connectivity index (χ4n) is 4.12. The fraction of sp³-hybridized carbons (Fsp3) is 0.522. The average molecular weight is 420 g/mol. The molecule has 158 valence electrons. The van der Waals surface area contributed by atoms with Gasteiger partial charge in [-0.1, -0.05) is 31.8 Å². The second-order valence-electron chi connectivity index (χ2n) is 7.75. The van der Waals surface area contributed by atoms with Crippen LogP contribution in [-0.4, -0.2) is 35.0 Å². The summed E-state index contributed by atoms with van der Waals surface area (Å²) in [6, 6.07) is 6.54. The molecule has 0 amide bonds. The molecule has 1 aromatic carbocycles. The molecule has 0 saturated heterocycles. The lowest BCUT2D eigenvalue weighted by molar-refractivity contribution is 0.116. The SMILES string of the molecule is O=C(O)OC1=C(CCCSc2ccc(F)cc2)N(CC2CCCCCC2)CC=C1. The largest absolute Gasteiger partial charge is 0.511 e. The van der Waals surface area contributed by atoms with E-state index in [1.165, 1.54) is 50.7 Å². The van der Waals surface area contributed by atoms with Gasteiger partial charge in [0, 0.05) is 18.0 Å². The summed E-state index contributed by atoms with van der Waals surface area (Å²) in [5.74, 6) is 1.79. The number of allylic oxidation sites excluding steroid dienone is 2. The lowest BCUT2D eigenvalue weighted by atomic mass is 9.98. The fourth-order valence-corrected chi connectivity index (χ4v) is 4.97. The van der Waals surface area contributed by atoms with Crippen LogP contribution in [0.4, 0.5) is 9.18 Å². The van der Waals surface area contributed by atoms with Gasteiger partial charge in [-0.2, -0.15) is 0 Å². The van der Waals surface area contributed by atoms with Crippen molar-refractivity contribution in [3.63, 3.8) is 0 Å². The van der Waals surface area contributed by atoms with E-state index in [1.807, 2.05) is 6.08 Å². The number of rotatable bonds is 8. The molecule has 0 atom stereocenters. The van der Waals surface area contributed by atoms with E-state index in [2.05, 4.69) is 4.90 Å². The molecule has 1 aliphatic heterocycles. The van der Waals surface area contributed by atoms with Gasteiger partial charge in [-0.25, -0.2) is 9.18 Å². The van der Waals surface area contributed by atoms with Crippen LogP contribution in [0.3, 0.4) is 0 Å². The van der Waals surface area contributed by atoms with Crippen LogP contribution >= 0.6 is 11.8 Å². The molecule has 1 aliphatic carbocycles. The first-order chi connectivity index (χ1) is 14.1. The van der Waals surface area contributed by atoms with Crippen molar-refractivity contribution in [2.45, 2.75) is 56.3 Å². The van der Waals surface area contributed by atoms with Crippen LogP contribution in [0.2, 0.25) is 0 Å². The number of thioether (sulfide) groups is 1. The quantitative estimate of drug-likeness (QED) is 0.227. The van der Waals surface area contributed by atoms with Gasteiger partial charge in [0.05, 0.1) is 5.70 Å². The van der Waals surface area contributed by atoms with Crippen LogP contribution in [0.15, 0.2) is 52.8 Å². The molecule has 29 heavy (non-hydrogen) atoms. The standard InChI is InChI=1S/C23H30FNO3S/c24-19-11-13-20(14-12-19)29-16-6-9-21-22(28-23(26)27)10-5-15-25(21)17-18-7-3-1-2-4-8-18/h5,10-14,18H,1-4,6-9,15-17H2,(H,26,27). The third-order valence-corrected chi connectivity index (χ3v) is 6.65. The molecule has 6 heteroatoms. The number of halogens is 1. The first-order valence-electron chi connectivity index (χ1n) is 10.6. The molecule has 1 fully saturated rings. The van der Waals surface area contributed by atoms with Crippen molar-refractivity contribution in [2.24, 2.45) is 5.92 Å². The summed E-state index contributed by atoms with van der Waals surface area (Å²) in [6.45, 7) is 1.78. The summed E-state index contributed by atoms with van der Waals surface area (Å²) < 4.78 is 18.1. The third kappa shape index (κ3) is 7.11. The first-order valence-corrected chi connectivity index (χ1v) is 11.5. The number of carboxylic acid groups (broad SMARTS) is 1. The van der Waals surface area contributed by atoms with Gasteiger partial charge in [-0.15, -0.1) is 11.8 Å². The van der Waals surface area contributed by atoms with Gasteiger partial charge in [0.2, 0.25) is 0 Å². The van der Waals surface area contributed by atoms with E-state index >= 15 is 0 Å². The van der Waals surface area contributed by atoms with Crippen LogP contribution in [0.5, 0.6) is 0 Å². The predicted octanol–water partition coefficient (Wildman–Crippen LogP) is 6.45. The lowest BCUT2D eigenvalue weighted by Crippen LogP contribution is -2.32. The highest BCUT2D eigenvalue weighted by Gasteiger charge is 2.23. The van der Waals surface area contributed by atoms with Crippen LogP contribution in [0.25, 0.3) is 0 Å². The zero-order valence-electron chi connectivity index (χ0n) is 16.8. The van der Waals surface area contributed by atoms with Crippen molar-refractivity contribution in [1.29, 1.82) is 0 Å². The molecule has 1 heterocycles. The molecule has 0 radical (unpaired) electrons. The molecule has 0 unspecified atom stereocenters. The van der Waals surface area contributed by atoms with E-state index in [4.69, 9.17) is 9.84 Å². The minimum Gasteiger partial charge on any atom is -0.449 e. The molecule has 0 spiro atoms. The van der Waals surface area contributed by atoms with E-state index < -0.39 is 6.16 Å². The summed E-state index contributed by atoms with van der Waals surface area (Å²) in [5.41, 5.74) is 0.999. The number of ether oxygens (including phenoxy) is 1. The molecule has 2 aliphatic rings. The van der Waals surface area contributed by atoms with Crippen LogP contribution < -0.4 is 0 Å². The zero-order valence-corrected chi connectivity index (χ0v) is 17.6. The second-order valence-corrected chi connectivity index (χ2v) is 8.92. The summed E-state index contributed by atoms with van der Waals surface area (Å²) >= 11 is 1.69. The van der Waals surface area contributed by atoms with E-state index in [9.17, 15) is 9.18 Å². The Balaban J connectivity index is 1.61. The van der Waals surface area contributed by atoms with Gasteiger partial charge in [0.1, 0.15) is 5.82 Å². The molecular weight excluding hydrogens is 389 g/mol. The molecule has 1 N–H and O–H groups in total. The van der Waals surface area contributed by atoms with Crippen molar-refractivity contribution < 1.29 is 19.0 Å². The Bertz CT molecular complexity index is 724. The Labute approximate surface area is 176 Å². The molecule has 4 nitrogen and oxygen atoms in total. The highest BCUT2D eigenvalue weighted by atomic mass is 32.2. The summed E-state index contributed by atoms with van der Waals surface area (Å²) in [5, 5.41) is 9.13. The van der Waals surface area contributed by atoms with E-state index in [-0.39, 0.29) is 5.82 Å². The first kappa shape index (κ1) is 21.8. The highest BCUT2D eigenvalue weighted by Crippen LogP contribution is 2.30. The van der Waals surface area contributed by atoms with Gasteiger partial charge in [-0.3, -0.25) is 0 Å². The van der Waals surface area contributed by atoms with Crippen LogP contribution in [0, 0.1) is 11.7 Å². The minimum absolute atomic E-state index is 0.224. The Hall–Kier alpha value is -1.95. The summed E-state index contributed by atoms with van der Waals surface area (Å²) in [6.07, 6.45) is 11.9. The normalized spacial score (nSPS) is 18.0. The van der Waals surface area contributed by atoms with E-state index in [0.29, 0.717) is 11.7 Å². The van der Waals surface area contributed by atoms with Crippen molar-refractivity contribution in [2.75, 3.05) is 18.8 Å². The molecule has 1 saturated carbocycles. The maximum Gasteiger partial charge on any atom is 0.511 e. The maximum atomic E-state index is 13.0. The zero-order chi connectivity index (χ0) is 20.5.